The van der Waals surface area contributed by atoms with Crippen molar-refractivity contribution in [2.75, 3.05) is 18.4 Å². The third-order valence-electron chi connectivity index (χ3n) is 5.34. The number of likely N-dealkylation sites (tertiary alicyclic amines) is 1. The second-order valence-corrected chi connectivity index (χ2v) is 9.54. The van der Waals surface area contributed by atoms with Crippen LogP contribution in [0.1, 0.15) is 12.8 Å². The van der Waals surface area contributed by atoms with Crippen LogP contribution in [0.2, 0.25) is 0 Å². The Bertz CT molecular complexity index is 1220. The van der Waals surface area contributed by atoms with Crippen LogP contribution in [0.15, 0.2) is 59.1 Å². The SMILES string of the molecule is O=C(O)N1CCC(Sc2ccc3nccc(Nc4ccc5scnc5c4)c3c2)CC1. The van der Waals surface area contributed by atoms with Crippen molar-refractivity contribution < 1.29 is 9.90 Å². The molecule has 2 N–H and O–H groups in total. The fourth-order valence-electron chi connectivity index (χ4n) is 3.76. The lowest BCUT2D eigenvalue weighted by Gasteiger charge is -2.29. The Balaban J connectivity index is 1.37. The van der Waals surface area contributed by atoms with Crippen LogP contribution < -0.4 is 5.32 Å². The highest BCUT2D eigenvalue weighted by Crippen LogP contribution is 2.34. The summed E-state index contributed by atoms with van der Waals surface area (Å²) in [6.07, 6.45) is 2.75. The fourth-order valence-corrected chi connectivity index (χ4v) is 5.58. The number of carbonyl (C=O) groups is 1. The second kappa shape index (κ2) is 8.12. The number of anilines is 2. The number of nitrogens with one attached hydrogen (secondary N) is 1. The van der Waals surface area contributed by atoms with E-state index in [4.69, 9.17) is 5.11 Å². The van der Waals surface area contributed by atoms with Crippen molar-refractivity contribution in [2.24, 2.45) is 0 Å². The molecule has 6 nitrogen and oxygen atoms in total. The number of fused-ring (bicyclic) bond motifs is 2. The molecule has 0 aliphatic carbocycles. The van der Waals surface area contributed by atoms with Gasteiger partial charge in [-0.15, -0.1) is 23.1 Å². The smallest absolute Gasteiger partial charge is 0.407 e. The van der Waals surface area contributed by atoms with E-state index in [0.717, 1.165) is 40.6 Å². The maximum absolute atomic E-state index is 11.1. The van der Waals surface area contributed by atoms with Gasteiger partial charge in [-0.3, -0.25) is 4.98 Å². The van der Waals surface area contributed by atoms with Crippen LogP contribution >= 0.6 is 23.1 Å². The van der Waals surface area contributed by atoms with Gasteiger partial charge in [-0.1, -0.05) is 0 Å². The Morgan fingerprint density at radius 1 is 1.10 bits per heavy atom. The lowest BCUT2D eigenvalue weighted by atomic mass is 10.1. The summed E-state index contributed by atoms with van der Waals surface area (Å²) >= 11 is 3.47. The fraction of sp³-hybridized carbons (Fsp3) is 0.227. The number of amides is 1. The highest BCUT2D eigenvalue weighted by atomic mass is 32.2. The summed E-state index contributed by atoms with van der Waals surface area (Å²) in [5.41, 5.74) is 5.81. The molecule has 0 unspecified atom stereocenters. The number of pyridine rings is 1. The quantitative estimate of drug-likeness (QED) is 0.419. The first-order valence-electron chi connectivity index (χ1n) is 9.79. The molecule has 2 aromatic heterocycles. The normalized spacial score (nSPS) is 15.0. The van der Waals surface area contributed by atoms with E-state index in [-0.39, 0.29) is 0 Å². The van der Waals surface area contributed by atoms with Crippen molar-refractivity contribution in [1.82, 2.24) is 14.9 Å². The number of hydrogen-bond donors (Lipinski definition) is 2. The van der Waals surface area contributed by atoms with Crippen LogP contribution in [-0.4, -0.2) is 44.4 Å². The molecular formula is C22H20N4O2S2. The number of piperidine rings is 1. The Hall–Kier alpha value is -2.84. The molecule has 1 aliphatic heterocycles. The third kappa shape index (κ3) is 3.93. The predicted octanol–water partition coefficient (Wildman–Crippen LogP) is 5.82. The second-order valence-electron chi connectivity index (χ2n) is 7.28. The number of thioether (sulfide) groups is 1. The van der Waals surface area contributed by atoms with Crippen molar-refractivity contribution in [3.05, 3.63) is 54.2 Å². The number of nitrogens with zero attached hydrogens (tertiary/aromatic N) is 3. The van der Waals surface area contributed by atoms with E-state index < -0.39 is 6.09 Å². The van der Waals surface area contributed by atoms with E-state index in [9.17, 15) is 4.79 Å². The minimum Gasteiger partial charge on any atom is -0.465 e. The summed E-state index contributed by atoms with van der Waals surface area (Å²) in [5, 5.41) is 14.2. The minimum absolute atomic E-state index is 0.429. The van der Waals surface area contributed by atoms with Gasteiger partial charge in [0.05, 0.1) is 21.2 Å². The first kappa shape index (κ1) is 19.1. The highest BCUT2D eigenvalue weighted by molar-refractivity contribution is 8.00. The van der Waals surface area contributed by atoms with Crippen molar-refractivity contribution in [3.63, 3.8) is 0 Å². The molecule has 0 atom stereocenters. The molecule has 0 saturated carbocycles. The number of thiazole rings is 1. The third-order valence-corrected chi connectivity index (χ3v) is 7.48. The molecule has 8 heteroatoms. The Kier molecular flexibility index (Phi) is 5.18. The molecule has 4 aromatic rings. The molecule has 3 heterocycles. The van der Waals surface area contributed by atoms with Crippen LogP contribution in [0.5, 0.6) is 0 Å². The molecular weight excluding hydrogens is 416 g/mol. The van der Waals surface area contributed by atoms with Crippen LogP contribution in [0.25, 0.3) is 21.1 Å². The first-order chi connectivity index (χ1) is 14.7. The summed E-state index contributed by atoms with van der Waals surface area (Å²) < 4.78 is 1.17. The van der Waals surface area contributed by atoms with Gasteiger partial charge in [-0.05, 0) is 55.3 Å². The zero-order chi connectivity index (χ0) is 20.5. The van der Waals surface area contributed by atoms with Gasteiger partial charge >= 0.3 is 6.09 Å². The van der Waals surface area contributed by atoms with Gasteiger partial charge in [0, 0.05) is 46.2 Å². The number of rotatable bonds is 4. The maximum atomic E-state index is 11.1. The van der Waals surface area contributed by atoms with Crippen LogP contribution in [-0.2, 0) is 0 Å². The Labute approximate surface area is 182 Å². The van der Waals surface area contributed by atoms with E-state index in [1.54, 1.807) is 11.3 Å². The average Bonchev–Trinajstić information content (AvgIpc) is 3.22. The number of hydrogen-bond acceptors (Lipinski definition) is 6. The molecule has 1 fully saturated rings. The van der Waals surface area contributed by atoms with E-state index in [2.05, 4.69) is 51.7 Å². The van der Waals surface area contributed by atoms with Gasteiger partial charge in [-0.2, -0.15) is 0 Å². The largest absolute Gasteiger partial charge is 0.465 e. The Morgan fingerprint density at radius 3 is 2.80 bits per heavy atom. The van der Waals surface area contributed by atoms with E-state index in [1.165, 1.54) is 14.5 Å². The number of aromatic nitrogens is 2. The van der Waals surface area contributed by atoms with Gasteiger partial charge in [0.1, 0.15) is 0 Å². The molecule has 0 bridgehead atoms. The standard InChI is InChI=1S/C22H20N4O2S2/c27-22(28)26-9-6-15(7-10-26)30-16-2-3-18-17(12-16)19(5-8-23-18)25-14-1-4-21-20(11-14)24-13-29-21/h1-5,8,11-13,15H,6-7,9-10H2,(H,23,25)(H,27,28). The van der Waals surface area contributed by atoms with E-state index in [0.29, 0.717) is 18.3 Å². The zero-order valence-corrected chi connectivity index (χ0v) is 17.7. The predicted molar refractivity (Wildman–Crippen MR) is 123 cm³/mol. The summed E-state index contributed by atoms with van der Waals surface area (Å²) in [7, 11) is 0. The molecule has 1 amide bonds. The van der Waals surface area contributed by atoms with Crippen molar-refractivity contribution in [3.8, 4) is 0 Å². The summed E-state index contributed by atoms with van der Waals surface area (Å²) in [4.78, 5) is 22.7. The molecule has 0 radical (unpaired) electrons. The molecule has 1 saturated heterocycles. The topological polar surface area (TPSA) is 78.3 Å². The highest BCUT2D eigenvalue weighted by Gasteiger charge is 2.23. The van der Waals surface area contributed by atoms with Gasteiger partial charge in [0.2, 0.25) is 0 Å². The summed E-state index contributed by atoms with van der Waals surface area (Å²) in [5.74, 6) is 0. The molecule has 152 valence electrons. The molecule has 5 rings (SSSR count). The summed E-state index contributed by atoms with van der Waals surface area (Å²) in [6, 6.07) is 14.6. The van der Waals surface area contributed by atoms with Crippen molar-refractivity contribution in [2.45, 2.75) is 23.0 Å². The van der Waals surface area contributed by atoms with E-state index in [1.807, 2.05) is 29.5 Å². The molecule has 2 aromatic carbocycles. The lowest BCUT2D eigenvalue weighted by Crippen LogP contribution is -2.38. The summed E-state index contributed by atoms with van der Waals surface area (Å²) in [6.45, 7) is 1.21. The van der Waals surface area contributed by atoms with Crippen LogP contribution in [0.3, 0.4) is 0 Å². The Morgan fingerprint density at radius 2 is 1.97 bits per heavy atom. The first-order valence-corrected chi connectivity index (χ1v) is 11.6. The van der Waals surface area contributed by atoms with Gasteiger partial charge in [-0.25, -0.2) is 9.78 Å². The van der Waals surface area contributed by atoms with Crippen LogP contribution in [0.4, 0.5) is 16.2 Å². The number of benzene rings is 2. The molecule has 30 heavy (non-hydrogen) atoms. The average molecular weight is 437 g/mol. The van der Waals surface area contributed by atoms with Gasteiger partial charge in [0.15, 0.2) is 0 Å². The molecule has 1 aliphatic rings. The van der Waals surface area contributed by atoms with Gasteiger partial charge in [0.25, 0.3) is 0 Å². The molecule has 0 spiro atoms. The van der Waals surface area contributed by atoms with Crippen molar-refractivity contribution in [1.29, 1.82) is 0 Å². The monoisotopic (exact) mass is 436 g/mol. The maximum Gasteiger partial charge on any atom is 0.407 e. The van der Waals surface area contributed by atoms with Crippen molar-refractivity contribution >= 4 is 61.7 Å². The minimum atomic E-state index is -0.818. The van der Waals surface area contributed by atoms with Crippen LogP contribution in [0, 0.1) is 0 Å². The van der Waals surface area contributed by atoms with E-state index >= 15 is 0 Å². The lowest BCUT2D eigenvalue weighted by molar-refractivity contribution is 0.136. The zero-order valence-electron chi connectivity index (χ0n) is 16.1. The van der Waals surface area contributed by atoms with Gasteiger partial charge < -0.3 is 15.3 Å². The number of carboxylic acid groups (broad SMARTS) is 1.